The minimum Gasteiger partial charge on any atom is -0.375 e. The van der Waals surface area contributed by atoms with Crippen LogP contribution in [-0.4, -0.2) is 23.8 Å². The highest BCUT2D eigenvalue weighted by Gasteiger charge is 2.49. The molecule has 1 atom stereocenters. The predicted molar refractivity (Wildman–Crippen MR) is 104 cm³/mol. The number of ketones is 1. The highest BCUT2D eigenvalue weighted by molar-refractivity contribution is 6.14. The summed E-state index contributed by atoms with van der Waals surface area (Å²) < 4.78 is 0. The second-order valence-corrected chi connectivity index (χ2v) is 7.45. The first-order valence-electron chi connectivity index (χ1n) is 9.17. The molecule has 2 aliphatic rings. The summed E-state index contributed by atoms with van der Waals surface area (Å²) >= 11 is 0. The monoisotopic (exact) mass is 357 g/mol. The van der Waals surface area contributed by atoms with Gasteiger partial charge in [-0.25, -0.2) is 0 Å². The van der Waals surface area contributed by atoms with Crippen LogP contribution >= 0.6 is 0 Å². The number of rotatable bonds is 3. The van der Waals surface area contributed by atoms with Gasteiger partial charge in [0.1, 0.15) is 0 Å². The molecule has 0 unspecified atom stereocenters. The SMILES string of the molecule is CN1C(=O)[C@](O)(CC(=O)c2ccc3c4c(cccc24)CC3)c2ccccc21. The smallest absolute Gasteiger partial charge is 0.263 e. The molecular weight excluding hydrogens is 338 g/mol. The highest BCUT2D eigenvalue weighted by atomic mass is 16.3. The molecule has 0 fully saturated rings. The number of amides is 1. The second kappa shape index (κ2) is 5.51. The van der Waals surface area contributed by atoms with E-state index in [-0.39, 0.29) is 12.2 Å². The van der Waals surface area contributed by atoms with Crippen molar-refractivity contribution in [1.82, 2.24) is 0 Å². The third kappa shape index (κ3) is 2.14. The van der Waals surface area contributed by atoms with Crippen LogP contribution in [0.2, 0.25) is 0 Å². The van der Waals surface area contributed by atoms with Crippen LogP contribution in [0, 0.1) is 0 Å². The number of hydrogen-bond donors (Lipinski definition) is 1. The molecule has 0 saturated carbocycles. The van der Waals surface area contributed by atoms with Gasteiger partial charge in [-0.2, -0.15) is 0 Å². The van der Waals surface area contributed by atoms with Gasteiger partial charge >= 0.3 is 0 Å². The van der Waals surface area contributed by atoms with Gasteiger partial charge in [-0.1, -0.05) is 48.5 Å². The molecule has 134 valence electrons. The lowest BCUT2D eigenvalue weighted by Crippen LogP contribution is -2.40. The number of aryl methyl sites for hydroxylation is 2. The third-order valence-corrected chi connectivity index (χ3v) is 5.96. The van der Waals surface area contributed by atoms with Gasteiger partial charge in [-0.05, 0) is 40.8 Å². The summed E-state index contributed by atoms with van der Waals surface area (Å²) in [6, 6.07) is 17.0. The Kier molecular flexibility index (Phi) is 3.31. The minimum absolute atomic E-state index is 0.216. The zero-order valence-corrected chi connectivity index (χ0v) is 15.0. The first-order chi connectivity index (χ1) is 13.0. The van der Waals surface area contributed by atoms with Crippen LogP contribution in [0.1, 0.15) is 33.5 Å². The largest absolute Gasteiger partial charge is 0.375 e. The number of carbonyl (C=O) groups is 2. The van der Waals surface area contributed by atoms with Crippen LogP contribution in [-0.2, 0) is 23.2 Å². The van der Waals surface area contributed by atoms with Crippen LogP contribution in [0.15, 0.2) is 54.6 Å². The molecule has 1 N–H and O–H groups in total. The van der Waals surface area contributed by atoms with Gasteiger partial charge in [0.2, 0.25) is 0 Å². The zero-order chi connectivity index (χ0) is 18.8. The maximum absolute atomic E-state index is 13.2. The fraction of sp³-hybridized carbons (Fsp3) is 0.217. The second-order valence-electron chi connectivity index (χ2n) is 7.45. The molecule has 1 aliphatic carbocycles. The summed E-state index contributed by atoms with van der Waals surface area (Å²) in [6.07, 6.45) is 1.72. The minimum atomic E-state index is -1.81. The van der Waals surface area contributed by atoms with Gasteiger partial charge in [0, 0.05) is 18.2 Å². The standard InChI is InChI=1S/C23H19NO3/c1-24-19-8-3-2-7-18(19)23(27,22(24)26)13-20(25)16-12-11-15-10-9-14-5-4-6-17(16)21(14)15/h2-8,11-12,27H,9-10,13H2,1H3/t23-/m0/s1. The average Bonchev–Trinajstić information content (AvgIpc) is 3.18. The Morgan fingerprint density at radius 2 is 1.78 bits per heavy atom. The van der Waals surface area contributed by atoms with Crippen molar-refractivity contribution in [2.45, 2.75) is 24.9 Å². The van der Waals surface area contributed by atoms with Crippen molar-refractivity contribution in [1.29, 1.82) is 0 Å². The van der Waals surface area contributed by atoms with E-state index < -0.39 is 11.5 Å². The van der Waals surface area contributed by atoms with Crippen molar-refractivity contribution in [3.05, 3.63) is 76.9 Å². The first kappa shape index (κ1) is 16.2. The summed E-state index contributed by atoms with van der Waals surface area (Å²) in [7, 11) is 1.63. The summed E-state index contributed by atoms with van der Waals surface area (Å²) in [5.74, 6) is -0.672. The summed E-state index contributed by atoms with van der Waals surface area (Å²) in [6.45, 7) is 0. The molecule has 3 aromatic carbocycles. The number of hydrogen-bond acceptors (Lipinski definition) is 3. The van der Waals surface area contributed by atoms with E-state index in [1.54, 1.807) is 25.2 Å². The Hall–Kier alpha value is -2.98. The van der Waals surface area contributed by atoms with Crippen molar-refractivity contribution in [2.75, 3.05) is 11.9 Å². The average molecular weight is 357 g/mol. The zero-order valence-electron chi connectivity index (χ0n) is 15.0. The number of anilines is 1. The van der Waals surface area contributed by atoms with Gasteiger partial charge in [-0.3, -0.25) is 9.59 Å². The fourth-order valence-corrected chi connectivity index (χ4v) is 4.61. The fourth-order valence-electron chi connectivity index (χ4n) is 4.61. The summed E-state index contributed by atoms with van der Waals surface area (Å²) in [4.78, 5) is 27.4. The van der Waals surface area contributed by atoms with Gasteiger partial charge < -0.3 is 10.0 Å². The lowest BCUT2D eigenvalue weighted by Gasteiger charge is -2.21. The van der Waals surface area contributed by atoms with Crippen molar-refractivity contribution >= 4 is 28.2 Å². The Labute approximate surface area is 157 Å². The summed E-state index contributed by atoms with van der Waals surface area (Å²) in [5, 5.41) is 13.3. The van der Waals surface area contributed by atoms with Crippen LogP contribution in [0.25, 0.3) is 10.8 Å². The number of likely N-dealkylation sites (N-methyl/N-ethyl adjacent to an activating group) is 1. The molecule has 1 heterocycles. The van der Waals surface area contributed by atoms with Crippen LogP contribution in [0.5, 0.6) is 0 Å². The number of nitrogens with zero attached hydrogens (tertiary/aromatic N) is 1. The van der Waals surface area contributed by atoms with Crippen molar-refractivity contribution < 1.29 is 14.7 Å². The van der Waals surface area contributed by atoms with Crippen molar-refractivity contribution in [3.8, 4) is 0 Å². The quantitative estimate of drug-likeness (QED) is 0.731. The van der Waals surface area contributed by atoms with Crippen LogP contribution in [0.3, 0.4) is 0 Å². The van der Waals surface area contributed by atoms with Gasteiger partial charge in [0.25, 0.3) is 5.91 Å². The van der Waals surface area contributed by atoms with Crippen molar-refractivity contribution in [2.24, 2.45) is 0 Å². The molecule has 1 amide bonds. The Bertz CT molecular complexity index is 1120. The number of fused-ring (bicyclic) bond motifs is 1. The number of aliphatic hydroxyl groups is 1. The lowest BCUT2D eigenvalue weighted by atomic mass is 9.86. The van der Waals surface area contributed by atoms with Gasteiger partial charge in [0.15, 0.2) is 11.4 Å². The molecule has 3 aromatic rings. The summed E-state index contributed by atoms with van der Waals surface area (Å²) in [5.41, 5.74) is 2.43. The molecule has 27 heavy (non-hydrogen) atoms. The van der Waals surface area contributed by atoms with E-state index >= 15 is 0 Å². The molecule has 4 heteroatoms. The van der Waals surface area contributed by atoms with Crippen LogP contribution in [0.4, 0.5) is 5.69 Å². The number of carbonyl (C=O) groups excluding carboxylic acids is 2. The molecule has 4 nitrogen and oxygen atoms in total. The Balaban J connectivity index is 1.59. The number of benzene rings is 3. The number of Topliss-reactive ketones (excluding diaryl/α,β-unsaturated/α-hetero) is 1. The third-order valence-electron chi connectivity index (χ3n) is 5.96. The molecule has 0 aromatic heterocycles. The first-order valence-corrected chi connectivity index (χ1v) is 9.17. The van der Waals surface area contributed by atoms with Crippen molar-refractivity contribution in [3.63, 3.8) is 0 Å². The normalized spacial score (nSPS) is 20.4. The maximum Gasteiger partial charge on any atom is 0.263 e. The molecule has 0 saturated heterocycles. The maximum atomic E-state index is 13.2. The van der Waals surface area contributed by atoms with E-state index in [1.165, 1.54) is 16.0 Å². The molecule has 0 radical (unpaired) electrons. The molecule has 5 rings (SSSR count). The topological polar surface area (TPSA) is 57.6 Å². The van der Waals surface area contributed by atoms with E-state index in [4.69, 9.17) is 0 Å². The Morgan fingerprint density at radius 3 is 2.59 bits per heavy atom. The van der Waals surface area contributed by atoms with E-state index in [0.29, 0.717) is 16.8 Å². The molecule has 0 bridgehead atoms. The van der Waals surface area contributed by atoms with E-state index in [0.717, 1.165) is 23.6 Å². The van der Waals surface area contributed by atoms with E-state index in [2.05, 4.69) is 6.07 Å². The van der Waals surface area contributed by atoms with E-state index in [1.807, 2.05) is 30.3 Å². The Morgan fingerprint density at radius 1 is 1.04 bits per heavy atom. The predicted octanol–water partition coefficient (Wildman–Crippen LogP) is 3.38. The van der Waals surface area contributed by atoms with Gasteiger partial charge in [-0.15, -0.1) is 0 Å². The molecule has 1 aliphatic heterocycles. The van der Waals surface area contributed by atoms with Gasteiger partial charge in [0.05, 0.1) is 12.1 Å². The molecule has 0 spiro atoms. The number of para-hydroxylation sites is 1. The molecular formula is C23H19NO3. The van der Waals surface area contributed by atoms with Crippen LogP contribution < -0.4 is 4.90 Å². The highest BCUT2D eigenvalue weighted by Crippen LogP contribution is 2.42. The van der Waals surface area contributed by atoms with E-state index in [9.17, 15) is 14.7 Å². The lowest BCUT2D eigenvalue weighted by molar-refractivity contribution is -0.135.